The maximum atomic E-state index is 10.8. The summed E-state index contributed by atoms with van der Waals surface area (Å²) in [7, 11) is 0. The molecule has 0 aliphatic carbocycles. The minimum absolute atomic E-state index is 0.205. The van der Waals surface area contributed by atoms with Crippen LogP contribution in [0.1, 0.15) is 12.8 Å². The lowest BCUT2D eigenvalue weighted by molar-refractivity contribution is -0.127. The standard InChI is InChI=1S/C9H14N2O2/c1-2-4-11-5-3-7(9(10)13)6-8(11)12/h1,7-8,12H,3-6H2,(H2,10,13). The van der Waals surface area contributed by atoms with Crippen molar-refractivity contribution in [2.24, 2.45) is 11.7 Å². The SMILES string of the molecule is C#CCN1CCC(C(N)=O)CC1O. The molecule has 1 aliphatic heterocycles. The molecule has 1 rings (SSSR count). The summed E-state index contributed by atoms with van der Waals surface area (Å²) in [5, 5.41) is 9.54. The molecule has 2 unspecified atom stereocenters. The van der Waals surface area contributed by atoms with Crippen LogP contribution in [0.15, 0.2) is 0 Å². The molecule has 0 aromatic carbocycles. The summed E-state index contributed by atoms with van der Waals surface area (Å²) in [6.45, 7) is 1.06. The molecule has 2 atom stereocenters. The zero-order valence-electron chi connectivity index (χ0n) is 7.44. The van der Waals surface area contributed by atoms with Gasteiger partial charge in [0.15, 0.2) is 0 Å². The molecule has 0 aromatic heterocycles. The molecule has 1 heterocycles. The number of primary amides is 1. The van der Waals surface area contributed by atoms with E-state index in [1.165, 1.54) is 0 Å². The monoisotopic (exact) mass is 182 g/mol. The molecule has 4 nitrogen and oxygen atoms in total. The molecule has 4 heteroatoms. The first kappa shape index (κ1) is 10.0. The first-order valence-corrected chi connectivity index (χ1v) is 4.30. The van der Waals surface area contributed by atoms with Crippen LogP contribution in [0.3, 0.4) is 0 Å². The molecule has 0 saturated carbocycles. The summed E-state index contributed by atoms with van der Waals surface area (Å²) < 4.78 is 0. The highest BCUT2D eigenvalue weighted by Crippen LogP contribution is 2.20. The van der Waals surface area contributed by atoms with Crippen molar-refractivity contribution in [1.29, 1.82) is 0 Å². The van der Waals surface area contributed by atoms with E-state index in [1.54, 1.807) is 4.90 Å². The summed E-state index contributed by atoms with van der Waals surface area (Å²) in [4.78, 5) is 12.6. The molecule has 72 valence electrons. The lowest BCUT2D eigenvalue weighted by Gasteiger charge is -2.33. The highest BCUT2D eigenvalue weighted by Gasteiger charge is 2.29. The molecular weight excluding hydrogens is 168 g/mol. The zero-order valence-corrected chi connectivity index (χ0v) is 7.44. The van der Waals surface area contributed by atoms with Crippen LogP contribution in [-0.4, -0.2) is 35.2 Å². The fraction of sp³-hybridized carbons (Fsp3) is 0.667. The van der Waals surface area contributed by atoms with E-state index in [0.717, 1.165) is 0 Å². The van der Waals surface area contributed by atoms with E-state index in [2.05, 4.69) is 5.92 Å². The predicted octanol–water partition coefficient (Wildman–Crippen LogP) is -0.865. The van der Waals surface area contributed by atoms with Crippen molar-refractivity contribution in [3.8, 4) is 12.3 Å². The summed E-state index contributed by atoms with van der Waals surface area (Å²) >= 11 is 0. The third kappa shape index (κ3) is 2.44. The lowest BCUT2D eigenvalue weighted by atomic mass is 9.95. The third-order valence-electron chi connectivity index (χ3n) is 2.38. The molecule has 13 heavy (non-hydrogen) atoms. The van der Waals surface area contributed by atoms with E-state index in [9.17, 15) is 9.90 Å². The van der Waals surface area contributed by atoms with Crippen LogP contribution in [0.4, 0.5) is 0 Å². The van der Waals surface area contributed by atoms with E-state index in [1.807, 2.05) is 0 Å². The molecule has 0 aromatic rings. The number of rotatable bonds is 2. The molecule has 0 bridgehead atoms. The van der Waals surface area contributed by atoms with Crippen molar-refractivity contribution in [2.45, 2.75) is 19.1 Å². The van der Waals surface area contributed by atoms with Crippen molar-refractivity contribution in [3.63, 3.8) is 0 Å². The number of likely N-dealkylation sites (tertiary alicyclic amines) is 1. The van der Waals surface area contributed by atoms with Gasteiger partial charge in [0.25, 0.3) is 0 Å². The van der Waals surface area contributed by atoms with Crippen molar-refractivity contribution in [1.82, 2.24) is 4.90 Å². The molecule has 0 spiro atoms. The normalized spacial score (nSPS) is 29.5. The number of amides is 1. The number of aliphatic hydroxyl groups is 1. The summed E-state index contributed by atoms with van der Waals surface area (Å²) in [6, 6.07) is 0. The van der Waals surface area contributed by atoms with Gasteiger partial charge in [-0.05, 0) is 12.8 Å². The summed E-state index contributed by atoms with van der Waals surface area (Å²) in [6.07, 6.45) is 5.59. The predicted molar refractivity (Wildman–Crippen MR) is 48.3 cm³/mol. The topological polar surface area (TPSA) is 66.6 Å². The second-order valence-corrected chi connectivity index (χ2v) is 3.28. The Morgan fingerprint density at radius 1 is 1.77 bits per heavy atom. The fourth-order valence-corrected chi connectivity index (χ4v) is 1.55. The van der Waals surface area contributed by atoms with Gasteiger partial charge in [0.05, 0.1) is 6.54 Å². The first-order chi connectivity index (χ1) is 6.15. The Balaban J connectivity index is 2.47. The van der Waals surface area contributed by atoms with Crippen LogP contribution in [0.5, 0.6) is 0 Å². The van der Waals surface area contributed by atoms with Gasteiger partial charge in [0, 0.05) is 12.5 Å². The molecule has 1 saturated heterocycles. The lowest BCUT2D eigenvalue weighted by Crippen LogP contribution is -2.45. The minimum Gasteiger partial charge on any atom is -0.378 e. The van der Waals surface area contributed by atoms with Gasteiger partial charge in [-0.2, -0.15) is 0 Å². The van der Waals surface area contributed by atoms with E-state index in [0.29, 0.717) is 25.9 Å². The van der Waals surface area contributed by atoms with Crippen molar-refractivity contribution in [2.75, 3.05) is 13.1 Å². The van der Waals surface area contributed by atoms with E-state index in [4.69, 9.17) is 12.2 Å². The smallest absolute Gasteiger partial charge is 0.220 e. The van der Waals surface area contributed by atoms with Gasteiger partial charge in [0.1, 0.15) is 6.23 Å². The van der Waals surface area contributed by atoms with Gasteiger partial charge in [-0.3, -0.25) is 9.69 Å². The molecule has 3 N–H and O–H groups in total. The van der Waals surface area contributed by atoms with Gasteiger partial charge in [0.2, 0.25) is 5.91 Å². The molecular formula is C9H14N2O2. The van der Waals surface area contributed by atoms with E-state index >= 15 is 0 Å². The zero-order chi connectivity index (χ0) is 9.84. The molecule has 1 amide bonds. The highest BCUT2D eigenvalue weighted by molar-refractivity contribution is 5.76. The van der Waals surface area contributed by atoms with Crippen LogP contribution < -0.4 is 5.73 Å². The van der Waals surface area contributed by atoms with Gasteiger partial charge in [-0.25, -0.2) is 0 Å². The number of carbonyl (C=O) groups is 1. The van der Waals surface area contributed by atoms with Gasteiger partial charge < -0.3 is 10.8 Å². The van der Waals surface area contributed by atoms with Gasteiger partial charge >= 0.3 is 0 Å². The van der Waals surface area contributed by atoms with Crippen LogP contribution in [0, 0.1) is 18.3 Å². The Bertz CT molecular complexity index is 234. The maximum Gasteiger partial charge on any atom is 0.220 e. The number of hydrogen-bond donors (Lipinski definition) is 2. The quantitative estimate of drug-likeness (QED) is 0.546. The second-order valence-electron chi connectivity index (χ2n) is 3.28. The summed E-state index contributed by atoms with van der Waals surface area (Å²) in [5.41, 5.74) is 5.14. The van der Waals surface area contributed by atoms with Crippen molar-refractivity contribution >= 4 is 5.91 Å². The fourth-order valence-electron chi connectivity index (χ4n) is 1.55. The second kappa shape index (κ2) is 4.26. The Labute approximate surface area is 77.7 Å². The Morgan fingerprint density at radius 2 is 2.46 bits per heavy atom. The largest absolute Gasteiger partial charge is 0.378 e. The number of carbonyl (C=O) groups excluding carboxylic acids is 1. The van der Waals surface area contributed by atoms with Crippen LogP contribution in [0.2, 0.25) is 0 Å². The Morgan fingerprint density at radius 3 is 2.92 bits per heavy atom. The maximum absolute atomic E-state index is 10.8. The first-order valence-electron chi connectivity index (χ1n) is 4.30. The van der Waals surface area contributed by atoms with E-state index in [-0.39, 0.29) is 11.8 Å². The number of piperidine rings is 1. The van der Waals surface area contributed by atoms with Crippen LogP contribution >= 0.6 is 0 Å². The average Bonchev–Trinajstić information content (AvgIpc) is 2.08. The minimum atomic E-state index is -0.623. The van der Waals surface area contributed by atoms with Gasteiger partial charge in [-0.1, -0.05) is 5.92 Å². The Kier molecular flexibility index (Phi) is 3.29. The van der Waals surface area contributed by atoms with Crippen molar-refractivity contribution < 1.29 is 9.90 Å². The van der Waals surface area contributed by atoms with Crippen LogP contribution in [-0.2, 0) is 4.79 Å². The average molecular weight is 182 g/mol. The number of nitrogens with zero attached hydrogens (tertiary/aromatic N) is 1. The molecule has 0 radical (unpaired) electrons. The van der Waals surface area contributed by atoms with Crippen LogP contribution in [0.25, 0.3) is 0 Å². The number of terminal acetylenes is 1. The molecule has 1 aliphatic rings. The third-order valence-corrected chi connectivity index (χ3v) is 2.38. The van der Waals surface area contributed by atoms with Gasteiger partial charge in [-0.15, -0.1) is 6.42 Å². The number of hydrogen-bond acceptors (Lipinski definition) is 3. The Hall–Kier alpha value is -1.05. The van der Waals surface area contributed by atoms with Crippen molar-refractivity contribution in [3.05, 3.63) is 0 Å². The number of aliphatic hydroxyl groups excluding tert-OH is 1. The highest BCUT2D eigenvalue weighted by atomic mass is 16.3. The summed E-state index contributed by atoms with van der Waals surface area (Å²) in [5.74, 6) is 1.92. The molecule has 1 fully saturated rings. The van der Waals surface area contributed by atoms with E-state index < -0.39 is 6.23 Å². The number of nitrogens with two attached hydrogens (primary N) is 1.